The Balaban J connectivity index is 1.95. The summed E-state index contributed by atoms with van der Waals surface area (Å²) >= 11 is 0. The average molecular weight is 431 g/mol. The second-order valence-corrected chi connectivity index (χ2v) is 8.44. The van der Waals surface area contributed by atoms with Crippen LogP contribution in [0.15, 0.2) is 42.9 Å². The molecule has 3 aromatic rings. The van der Waals surface area contributed by atoms with E-state index in [1.165, 1.54) is 4.90 Å². The monoisotopic (exact) mass is 430 g/mol. The number of hydrogen-bond acceptors (Lipinski definition) is 6. The lowest BCUT2D eigenvalue weighted by molar-refractivity contribution is -0.147. The van der Waals surface area contributed by atoms with Gasteiger partial charge in [-0.15, -0.1) is 0 Å². The van der Waals surface area contributed by atoms with Gasteiger partial charge in [-0.2, -0.15) is 5.26 Å². The van der Waals surface area contributed by atoms with Gasteiger partial charge in [0, 0.05) is 41.3 Å². The maximum absolute atomic E-state index is 12.8. The number of aryl methyl sites for hydroxylation is 1. The van der Waals surface area contributed by atoms with E-state index in [1.807, 2.05) is 25.1 Å². The first kappa shape index (κ1) is 22.7. The zero-order valence-corrected chi connectivity index (χ0v) is 18.8. The van der Waals surface area contributed by atoms with Crippen LogP contribution in [0.3, 0.4) is 0 Å². The van der Waals surface area contributed by atoms with Crippen LogP contribution in [0.4, 0.5) is 11.5 Å². The number of carbonyl (C=O) groups excluding carboxylic acids is 2. The van der Waals surface area contributed by atoms with Crippen molar-refractivity contribution in [2.24, 2.45) is 0 Å². The minimum absolute atomic E-state index is 0.216. The van der Waals surface area contributed by atoms with Crippen LogP contribution >= 0.6 is 0 Å². The summed E-state index contributed by atoms with van der Waals surface area (Å²) in [5, 5.41) is 13.5. The maximum Gasteiger partial charge on any atom is 0.315 e. The van der Waals surface area contributed by atoms with E-state index in [9.17, 15) is 14.9 Å². The Labute approximate surface area is 187 Å². The van der Waals surface area contributed by atoms with E-state index in [0.717, 1.165) is 27.5 Å². The second-order valence-electron chi connectivity index (χ2n) is 8.44. The van der Waals surface area contributed by atoms with Crippen molar-refractivity contribution in [1.29, 1.82) is 5.26 Å². The fourth-order valence-electron chi connectivity index (χ4n) is 3.74. The molecule has 0 saturated carbocycles. The van der Waals surface area contributed by atoms with Crippen molar-refractivity contribution in [2.45, 2.75) is 46.2 Å². The normalized spacial score (nSPS) is 11.3. The third-order valence-electron chi connectivity index (χ3n) is 5.27. The molecule has 0 aliphatic carbocycles. The quantitative estimate of drug-likeness (QED) is 0.481. The van der Waals surface area contributed by atoms with Crippen molar-refractivity contribution in [1.82, 2.24) is 14.9 Å². The third kappa shape index (κ3) is 4.37. The molecule has 8 nitrogen and oxygen atoms in total. The highest BCUT2D eigenvalue weighted by Gasteiger charge is 2.36. The summed E-state index contributed by atoms with van der Waals surface area (Å²) in [6.45, 7) is 8.69. The maximum atomic E-state index is 12.8. The molecular formula is C24H26N6O2. The number of nitrogens with zero attached hydrogens (tertiary/aromatic N) is 4. The summed E-state index contributed by atoms with van der Waals surface area (Å²) in [5.41, 5.74) is 8.55. The fraction of sp³-hybridized carbons (Fsp3) is 0.292. The number of fused-ring (bicyclic) bond motifs is 1. The van der Waals surface area contributed by atoms with Gasteiger partial charge < -0.3 is 16.0 Å². The number of nitrogens with two attached hydrogens (primary N) is 1. The number of nitrogens with one attached hydrogen (secondary N) is 1. The molecule has 1 aromatic carbocycles. The topological polar surface area (TPSA) is 125 Å². The lowest BCUT2D eigenvalue weighted by Crippen LogP contribution is -2.54. The van der Waals surface area contributed by atoms with Crippen LogP contribution in [-0.2, 0) is 9.59 Å². The Morgan fingerprint density at radius 2 is 1.94 bits per heavy atom. The molecule has 2 aromatic heterocycles. The van der Waals surface area contributed by atoms with Crippen LogP contribution in [0.25, 0.3) is 21.9 Å². The minimum atomic E-state index is -1.13. The van der Waals surface area contributed by atoms with E-state index < -0.39 is 17.4 Å². The molecule has 32 heavy (non-hydrogen) atoms. The summed E-state index contributed by atoms with van der Waals surface area (Å²) in [6.07, 6.45) is 5.06. The molecule has 0 saturated heterocycles. The molecule has 3 N–H and O–H groups in total. The number of nitriles is 1. The largest absolute Gasteiger partial charge is 0.398 e. The van der Waals surface area contributed by atoms with Crippen molar-refractivity contribution >= 4 is 34.1 Å². The van der Waals surface area contributed by atoms with Gasteiger partial charge in [0.2, 0.25) is 0 Å². The van der Waals surface area contributed by atoms with Crippen molar-refractivity contribution in [3.8, 4) is 17.2 Å². The Kier molecular flexibility index (Phi) is 6.12. The van der Waals surface area contributed by atoms with Crippen LogP contribution in [0.1, 0.15) is 33.3 Å². The van der Waals surface area contributed by atoms with Crippen molar-refractivity contribution in [2.75, 3.05) is 11.1 Å². The second kappa shape index (κ2) is 8.63. The molecule has 0 radical (unpaired) electrons. The Hall–Kier alpha value is -3.99. The highest BCUT2D eigenvalue weighted by molar-refractivity contribution is 6.39. The number of benzene rings is 1. The van der Waals surface area contributed by atoms with Gasteiger partial charge in [0.25, 0.3) is 0 Å². The number of pyridine rings is 2. The van der Waals surface area contributed by atoms with Gasteiger partial charge in [0.1, 0.15) is 11.4 Å². The molecule has 0 aliphatic heterocycles. The minimum Gasteiger partial charge on any atom is -0.398 e. The number of hydrogen-bond donors (Lipinski definition) is 2. The summed E-state index contributed by atoms with van der Waals surface area (Å²) in [4.78, 5) is 35.2. The molecule has 164 valence electrons. The molecule has 0 aliphatic rings. The van der Waals surface area contributed by atoms with Crippen LogP contribution in [-0.4, -0.2) is 38.3 Å². The summed E-state index contributed by atoms with van der Waals surface area (Å²) in [6, 6.07) is 9.12. The SMILES string of the molecule is Cc1ccncc1-c1cc(N)c2cnc(NC(=O)C(=O)N(C(C)C)C(C)(C)C#N)cc2c1. The van der Waals surface area contributed by atoms with Gasteiger partial charge in [0.05, 0.1) is 6.07 Å². The number of carbonyl (C=O) groups is 2. The molecule has 2 heterocycles. The predicted octanol–water partition coefficient (Wildman–Crippen LogP) is 3.67. The summed E-state index contributed by atoms with van der Waals surface area (Å²) in [7, 11) is 0. The van der Waals surface area contributed by atoms with Gasteiger partial charge in [-0.25, -0.2) is 4.98 Å². The number of amides is 2. The summed E-state index contributed by atoms with van der Waals surface area (Å²) < 4.78 is 0. The molecular weight excluding hydrogens is 404 g/mol. The summed E-state index contributed by atoms with van der Waals surface area (Å²) in [5.74, 6) is -1.44. The number of nitrogen functional groups attached to an aromatic ring is 1. The van der Waals surface area contributed by atoms with Crippen LogP contribution < -0.4 is 11.1 Å². The predicted molar refractivity (Wildman–Crippen MR) is 124 cm³/mol. The molecule has 0 fully saturated rings. The van der Waals surface area contributed by atoms with Gasteiger partial charge in [-0.3, -0.25) is 14.6 Å². The number of aromatic nitrogens is 2. The average Bonchev–Trinajstić information content (AvgIpc) is 2.73. The van der Waals surface area contributed by atoms with E-state index in [2.05, 4.69) is 21.4 Å². The Morgan fingerprint density at radius 3 is 2.56 bits per heavy atom. The van der Waals surface area contributed by atoms with Gasteiger partial charge in [-0.05, 0) is 75.4 Å². The van der Waals surface area contributed by atoms with Gasteiger partial charge in [0.15, 0.2) is 0 Å². The van der Waals surface area contributed by atoms with Crippen molar-refractivity contribution < 1.29 is 9.59 Å². The number of anilines is 2. The van der Waals surface area contributed by atoms with E-state index in [4.69, 9.17) is 5.73 Å². The van der Waals surface area contributed by atoms with Crippen LogP contribution in [0.5, 0.6) is 0 Å². The number of rotatable bonds is 4. The Morgan fingerprint density at radius 1 is 1.22 bits per heavy atom. The molecule has 0 spiro atoms. The molecule has 8 heteroatoms. The lowest BCUT2D eigenvalue weighted by Gasteiger charge is -2.35. The van der Waals surface area contributed by atoms with Crippen LogP contribution in [0.2, 0.25) is 0 Å². The van der Waals surface area contributed by atoms with Gasteiger partial charge in [-0.1, -0.05) is 0 Å². The molecule has 0 unspecified atom stereocenters. The molecule has 2 amide bonds. The lowest BCUT2D eigenvalue weighted by atomic mass is 9.99. The van der Waals surface area contributed by atoms with Crippen molar-refractivity contribution in [3.63, 3.8) is 0 Å². The zero-order chi connectivity index (χ0) is 23.6. The molecule has 3 rings (SSSR count). The van der Waals surface area contributed by atoms with E-state index in [1.54, 1.807) is 52.4 Å². The first-order chi connectivity index (χ1) is 15.0. The third-order valence-corrected chi connectivity index (χ3v) is 5.27. The van der Waals surface area contributed by atoms with E-state index in [-0.39, 0.29) is 11.9 Å². The molecule has 0 atom stereocenters. The van der Waals surface area contributed by atoms with Crippen LogP contribution in [0, 0.1) is 18.3 Å². The van der Waals surface area contributed by atoms with E-state index >= 15 is 0 Å². The highest BCUT2D eigenvalue weighted by atomic mass is 16.2. The molecule has 0 bridgehead atoms. The standard InChI is InChI=1S/C24H26N6O2/c1-14(2)30(24(4,5)13-25)23(32)22(31)29-21-10-17-8-16(9-20(26)19(17)12-28-21)18-11-27-7-6-15(18)3/h6-12,14H,26H2,1-5H3,(H,28,29,31). The van der Waals surface area contributed by atoms with Gasteiger partial charge >= 0.3 is 11.8 Å². The first-order valence-electron chi connectivity index (χ1n) is 10.2. The first-order valence-corrected chi connectivity index (χ1v) is 10.2. The van der Waals surface area contributed by atoms with Crippen molar-refractivity contribution in [3.05, 3.63) is 48.4 Å². The fourth-order valence-corrected chi connectivity index (χ4v) is 3.74. The Bertz CT molecular complexity index is 1240. The highest BCUT2D eigenvalue weighted by Crippen LogP contribution is 2.31. The van der Waals surface area contributed by atoms with E-state index in [0.29, 0.717) is 5.69 Å². The smallest absolute Gasteiger partial charge is 0.315 e. The zero-order valence-electron chi connectivity index (χ0n) is 18.8.